The second kappa shape index (κ2) is 13.5. The topological polar surface area (TPSA) is 41.6 Å². The molecule has 0 fully saturated rings. The fourth-order valence-corrected chi connectivity index (χ4v) is 10.6. The number of hydrogen-bond acceptors (Lipinski definition) is 4. The lowest BCUT2D eigenvalue weighted by atomic mass is 9.57. The van der Waals surface area contributed by atoms with Crippen molar-refractivity contribution in [2.24, 2.45) is 0 Å². The van der Waals surface area contributed by atoms with E-state index in [1.807, 2.05) is 0 Å². The van der Waals surface area contributed by atoms with Gasteiger partial charge in [0.05, 0.1) is 11.4 Å². The highest BCUT2D eigenvalue weighted by molar-refractivity contribution is 6.74. The van der Waals surface area contributed by atoms with Gasteiger partial charge in [0.15, 0.2) is 7.28 Å². The molecule has 0 amide bonds. The van der Waals surface area contributed by atoms with Crippen LogP contribution in [-0.2, 0) is 5.41 Å². The van der Waals surface area contributed by atoms with E-state index in [4.69, 9.17) is 8.83 Å². The molecule has 10 aromatic rings. The van der Waals surface area contributed by atoms with Gasteiger partial charge in [0.25, 0.3) is 0 Å². The lowest BCUT2D eigenvalue weighted by Crippen LogP contribution is -2.41. The summed E-state index contributed by atoms with van der Waals surface area (Å²) in [6.45, 7) is 9.33. The van der Waals surface area contributed by atoms with Crippen molar-refractivity contribution >= 4 is 90.5 Å². The van der Waals surface area contributed by atoms with Gasteiger partial charge < -0.3 is 19.1 Å². The minimum atomic E-state index is -0.220. The molecule has 1 N–H and O–H groups in total. The zero-order valence-corrected chi connectivity index (χ0v) is 35.0. The Hall–Kier alpha value is -6.98. The average Bonchev–Trinajstić information content (AvgIpc) is 3.84. The van der Waals surface area contributed by atoms with Crippen LogP contribution in [0.5, 0.6) is 0 Å². The summed E-state index contributed by atoms with van der Waals surface area (Å²) in [5, 5.41) is 8.42. The fraction of sp³-hybridized carbons (Fsp3) is 0.143. The molecule has 0 aliphatic carbocycles. The lowest BCUT2D eigenvalue weighted by Gasteiger charge is -2.38. The van der Waals surface area contributed by atoms with Gasteiger partial charge in [-0.1, -0.05) is 149 Å². The maximum absolute atomic E-state index is 7.05. The van der Waals surface area contributed by atoms with Crippen LogP contribution < -0.4 is 21.1 Å². The minimum Gasteiger partial charge on any atom is -0.456 e. The molecule has 0 saturated carbocycles. The minimum absolute atomic E-state index is 0.220. The van der Waals surface area contributed by atoms with Crippen LogP contribution in [0, 0.1) is 0 Å². The van der Waals surface area contributed by atoms with Crippen molar-refractivity contribution in [2.75, 3.05) is 10.2 Å². The molecule has 0 spiro atoms. The van der Waals surface area contributed by atoms with Gasteiger partial charge in [-0.15, -0.1) is 0 Å². The van der Waals surface area contributed by atoms with E-state index >= 15 is 0 Å². The molecule has 2 aromatic heterocycles. The number of hydrogen-bond donors (Lipinski definition) is 1. The molecule has 1 atom stereocenters. The van der Waals surface area contributed by atoms with E-state index in [1.54, 1.807) is 0 Å². The van der Waals surface area contributed by atoms with Crippen LogP contribution in [0.1, 0.15) is 63.1 Å². The number of furan rings is 2. The summed E-state index contributed by atoms with van der Waals surface area (Å²) < 4.78 is 13.7. The first-order valence-corrected chi connectivity index (χ1v) is 21.8. The molecule has 294 valence electrons. The second-order valence-electron chi connectivity index (χ2n) is 17.7. The van der Waals surface area contributed by atoms with E-state index in [0.29, 0.717) is 13.2 Å². The van der Waals surface area contributed by atoms with Crippen molar-refractivity contribution in [1.82, 2.24) is 0 Å². The van der Waals surface area contributed by atoms with Crippen LogP contribution in [0.4, 0.5) is 28.4 Å². The van der Waals surface area contributed by atoms with Crippen LogP contribution in [-0.4, -0.2) is 7.28 Å². The van der Waals surface area contributed by atoms with Crippen molar-refractivity contribution < 1.29 is 8.83 Å². The Bertz CT molecular complexity index is 3390. The number of benzene rings is 8. The predicted molar refractivity (Wildman–Crippen MR) is 258 cm³/mol. The van der Waals surface area contributed by atoms with E-state index in [9.17, 15) is 0 Å². The number of nitrogens with one attached hydrogen (secondary N) is 1. The van der Waals surface area contributed by atoms with Crippen LogP contribution in [0.2, 0.25) is 0 Å². The number of anilines is 5. The van der Waals surface area contributed by atoms with Crippen molar-refractivity contribution in [3.8, 4) is 22.3 Å². The van der Waals surface area contributed by atoms with Crippen molar-refractivity contribution in [2.45, 2.75) is 51.9 Å². The number of nitrogens with zero attached hydrogens (tertiary/aromatic N) is 1. The number of para-hydroxylation sites is 4. The van der Waals surface area contributed by atoms with Crippen LogP contribution >= 0.6 is 0 Å². The molecule has 12 rings (SSSR count). The molecular formula is C56H45BN2O2. The molecule has 0 bridgehead atoms. The van der Waals surface area contributed by atoms with Gasteiger partial charge in [-0.25, -0.2) is 0 Å². The number of fused-ring (bicyclic) bond motifs is 10. The van der Waals surface area contributed by atoms with E-state index in [-0.39, 0.29) is 5.41 Å². The monoisotopic (exact) mass is 788 g/mol. The second-order valence-corrected chi connectivity index (χ2v) is 17.7. The summed E-state index contributed by atoms with van der Waals surface area (Å²) in [4.78, 5) is 2.55. The van der Waals surface area contributed by atoms with Crippen LogP contribution in [0.15, 0.2) is 167 Å². The Morgan fingerprint density at radius 2 is 1.31 bits per heavy atom. The molecular weight excluding hydrogens is 743 g/mol. The summed E-state index contributed by atoms with van der Waals surface area (Å²) in [7, 11) is 0.701. The van der Waals surface area contributed by atoms with E-state index < -0.39 is 0 Å². The van der Waals surface area contributed by atoms with Crippen molar-refractivity contribution in [3.05, 3.63) is 174 Å². The Morgan fingerprint density at radius 1 is 0.607 bits per heavy atom. The predicted octanol–water partition coefficient (Wildman–Crippen LogP) is 14.3. The quantitative estimate of drug-likeness (QED) is 0.170. The summed E-state index contributed by atoms with van der Waals surface area (Å²) in [6.07, 6.45) is 2.28. The smallest absolute Gasteiger partial charge is 0.198 e. The first kappa shape index (κ1) is 35.9. The number of rotatable bonds is 6. The van der Waals surface area contributed by atoms with E-state index in [2.05, 4.69) is 196 Å². The highest BCUT2D eigenvalue weighted by Crippen LogP contribution is 2.52. The normalized spacial score (nSPS) is 14.3. The van der Waals surface area contributed by atoms with Gasteiger partial charge >= 0.3 is 0 Å². The standard InChI is InChI=1S/C56H45BN2O2/c1-5-16-33(2)35-27-28-46(39(29-35)34-17-7-6-8-18-34)59-47-30-40-36-19-9-13-25-49(36)60-51(40)32-44(47)57-53-48(59)31-41-37-20-10-14-26-50(37)61-55(41)52(53)38-21-15-23-43-54(38)58-45-24-12-11-22-42(45)56(43,3)4/h6-15,17-33,57-58H,5,16H2,1-4H3/t33-/m0/s1. The molecule has 5 heteroatoms. The fourth-order valence-electron chi connectivity index (χ4n) is 10.6. The molecule has 0 radical (unpaired) electrons. The largest absolute Gasteiger partial charge is 0.456 e. The molecule has 0 unspecified atom stereocenters. The third-order valence-corrected chi connectivity index (χ3v) is 13.7. The zero-order chi connectivity index (χ0) is 41.0. The van der Waals surface area contributed by atoms with Gasteiger partial charge in [-0.2, -0.15) is 0 Å². The van der Waals surface area contributed by atoms with Gasteiger partial charge in [0, 0.05) is 60.7 Å². The molecule has 4 nitrogen and oxygen atoms in total. The highest BCUT2D eigenvalue weighted by Gasteiger charge is 2.37. The molecule has 61 heavy (non-hydrogen) atoms. The van der Waals surface area contributed by atoms with E-state index in [1.165, 1.54) is 44.4 Å². The summed E-state index contributed by atoms with van der Waals surface area (Å²) in [5.41, 5.74) is 20.2. The lowest BCUT2D eigenvalue weighted by molar-refractivity contribution is 0.638. The molecule has 0 saturated heterocycles. The average molecular weight is 789 g/mol. The first-order chi connectivity index (χ1) is 29.9. The molecule has 2 aliphatic heterocycles. The Kier molecular flexibility index (Phi) is 7.96. The SMILES string of the molecule is CCC[C@H](C)c1ccc(N2c3cc4c(cc3Bc3c2cc2c(oc5ccccc52)c3-c2cccc3c2Nc2ccccc2C3(C)C)oc2ccccc24)c(-c2ccccc2)c1. The molecule has 8 aromatic carbocycles. The van der Waals surface area contributed by atoms with Crippen LogP contribution in [0.25, 0.3) is 66.1 Å². The zero-order valence-electron chi connectivity index (χ0n) is 35.0. The third kappa shape index (κ3) is 5.39. The van der Waals surface area contributed by atoms with Gasteiger partial charge in [-0.05, 0) is 88.6 Å². The summed E-state index contributed by atoms with van der Waals surface area (Å²) in [5.74, 6) is 0.439. The Labute approximate surface area is 356 Å². The van der Waals surface area contributed by atoms with Gasteiger partial charge in [0.2, 0.25) is 0 Å². The highest BCUT2D eigenvalue weighted by atomic mass is 16.3. The molecule has 4 heterocycles. The van der Waals surface area contributed by atoms with Crippen molar-refractivity contribution in [1.29, 1.82) is 0 Å². The maximum atomic E-state index is 7.05. The first-order valence-electron chi connectivity index (χ1n) is 21.8. The van der Waals surface area contributed by atoms with Gasteiger partial charge in [-0.3, -0.25) is 0 Å². The van der Waals surface area contributed by atoms with E-state index in [0.717, 1.165) is 90.6 Å². The maximum Gasteiger partial charge on any atom is 0.198 e. The summed E-state index contributed by atoms with van der Waals surface area (Å²) >= 11 is 0. The third-order valence-electron chi connectivity index (χ3n) is 13.7. The Morgan fingerprint density at radius 3 is 2.13 bits per heavy atom. The van der Waals surface area contributed by atoms with Crippen molar-refractivity contribution in [3.63, 3.8) is 0 Å². The molecule has 2 aliphatic rings. The van der Waals surface area contributed by atoms with Crippen LogP contribution in [0.3, 0.4) is 0 Å². The van der Waals surface area contributed by atoms with Gasteiger partial charge in [0.1, 0.15) is 22.3 Å². The Balaban J connectivity index is 1.21. The summed E-state index contributed by atoms with van der Waals surface area (Å²) in [6, 6.07) is 57.7.